The first-order chi connectivity index (χ1) is 3.42. The topological polar surface area (TPSA) is 135 Å². The van der Waals surface area contributed by atoms with Gasteiger partial charge in [0.2, 0.25) is 0 Å². The van der Waals surface area contributed by atoms with Crippen LogP contribution in [0.25, 0.3) is 0 Å². The summed E-state index contributed by atoms with van der Waals surface area (Å²) < 4.78 is 0. The van der Waals surface area contributed by atoms with Crippen molar-refractivity contribution in [2.75, 3.05) is 0 Å². The summed E-state index contributed by atoms with van der Waals surface area (Å²) in [4.78, 5) is 0. The molecule has 0 aliphatic rings. The van der Waals surface area contributed by atoms with E-state index in [1.165, 1.54) is 0 Å². The van der Waals surface area contributed by atoms with E-state index in [0.717, 1.165) is 0 Å². The minimum absolute atomic E-state index is 0. The third-order valence-corrected chi connectivity index (χ3v) is 0.795. The first-order valence-corrected chi connectivity index (χ1v) is 2.82. The summed E-state index contributed by atoms with van der Waals surface area (Å²) in [5.41, 5.74) is -0.728. The van der Waals surface area contributed by atoms with Crippen molar-refractivity contribution in [1.29, 1.82) is 0 Å². The Morgan fingerprint density at radius 3 is 1.42 bits per heavy atom. The maximum atomic E-state index is 9.03. The standard InChI is InChI=1S/C6H14O2.3H2O.Ti/c1-5(7)4-6(2,3)8;;;;/h5,7-8H,4H2,1-3H3;3*1H2;. The number of aliphatic hydroxyl groups excluding tert-OH is 1. The van der Waals surface area contributed by atoms with Gasteiger partial charge in [0.1, 0.15) is 0 Å². The minimum Gasteiger partial charge on any atom is -0.412 e. The molecule has 0 spiro atoms. The fourth-order valence-corrected chi connectivity index (χ4v) is 0.723. The molecule has 0 saturated heterocycles. The van der Waals surface area contributed by atoms with Crippen molar-refractivity contribution < 1.29 is 48.4 Å². The first-order valence-electron chi connectivity index (χ1n) is 2.82. The van der Waals surface area contributed by atoms with Crippen LogP contribution in [0.1, 0.15) is 27.2 Å². The van der Waals surface area contributed by atoms with Crippen molar-refractivity contribution >= 4 is 0 Å². The van der Waals surface area contributed by atoms with Gasteiger partial charge >= 0.3 is 0 Å². The van der Waals surface area contributed by atoms with E-state index in [2.05, 4.69) is 0 Å². The van der Waals surface area contributed by atoms with Crippen LogP contribution in [0.3, 0.4) is 0 Å². The van der Waals surface area contributed by atoms with E-state index in [0.29, 0.717) is 6.42 Å². The fourth-order valence-electron chi connectivity index (χ4n) is 0.723. The summed E-state index contributed by atoms with van der Waals surface area (Å²) in [6.07, 6.45) is 0.0301. The molecule has 6 heteroatoms. The van der Waals surface area contributed by atoms with Gasteiger partial charge in [-0.15, -0.1) is 0 Å². The van der Waals surface area contributed by atoms with E-state index in [1.54, 1.807) is 20.8 Å². The quantitative estimate of drug-likeness (QED) is 0.523. The third-order valence-electron chi connectivity index (χ3n) is 0.795. The summed E-state index contributed by atoms with van der Waals surface area (Å²) in [7, 11) is 0. The number of hydrogen-bond acceptors (Lipinski definition) is 2. The van der Waals surface area contributed by atoms with E-state index in [-0.39, 0.29) is 38.1 Å². The van der Waals surface area contributed by atoms with Gasteiger partial charge in [-0.1, -0.05) is 0 Å². The maximum absolute atomic E-state index is 9.03. The molecular weight excluding hydrogens is 200 g/mol. The monoisotopic (exact) mass is 220 g/mol. The Balaban J connectivity index is -0.0000000408. The summed E-state index contributed by atoms with van der Waals surface area (Å²) >= 11 is 0. The molecular formula is C6H20O5Ti. The molecule has 0 radical (unpaired) electrons. The van der Waals surface area contributed by atoms with E-state index in [1.807, 2.05) is 0 Å². The zero-order chi connectivity index (χ0) is 6.78. The summed E-state index contributed by atoms with van der Waals surface area (Å²) in [6, 6.07) is 0. The van der Waals surface area contributed by atoms with Crippen LogP contribution >= 0.6 is 0 Å². The van der Waals surface area contributed by atoms with Gasteiger partial charge in [0.15, 0.2) is 0 Å². The molecule has 8 N–H and O–H groups in total. The zero-order valence-corrected chi connectivity index (χ0v) is 9.24. The van der Waals surface area contributed by atoms with Crippen molar-refractivity contribution in [1.82, 2.24) is 0 Å². The number of hydrogen-bond donors (Lipinski definition) is 2. The van der Waals surface area contributed by atoms with Crippen molar-refractivity contribution in [3.05, 3.63) is 0 Å². The SMILES string of the molecule is CC(O)CC(C)(C)O.O.O.O.[Ti]. The predicted octanol–water partition coefficient (Wildman–Crippen LogP) is -1.95. The minimum atomic E-state index is -0.728. The van der Waals surface area contributed by atoms with Crippen molar-refractivity contribution in [2.45, 2.75) is 38.9 Å². The van der Waals surface area contributed by atoms with Crippen molar-refractivity contribution in [2.24, 2.45) is 0 Å². The van der Waals surface area contributed by atoms with Gasteiger partial charge in [0.05, 0.1) is 11.7 Å². The molecule has 12 heavy (non-hydrogen) atoms. The molecule has 1 unspecified atom stereocenters. The average Bonchev–Trinajstić information content (AvgIpc) is 1.21. The van der Waals surface area contributed by atoms with Crippen LogP contribution in [0.2, 0.25) is 0 Å². The normalized spacial score (nSPS) is 10.8. The molecule has 0 aromatic carbocycles. The second-order valence-electron chi connectivity index (χ2n) is 2.87. The number of aliphatic hydroxyl groups is 2. The Morgan fingerprint density at radius 1 is 1.17 bits per heavy atom. The molecule has 0 amide bonds. The van der Waals surface area contributed by atoms with Crippen LogP contribution < -0.4 is 0 Å². The van der Waals surface area contributed by atoms with Crippen LogP contribution in [0.4, 0.5) is 0 Å². The van der Waals surface area contributed by atoms with Gasteiger partial charge in [0.25, 0.3) is 0 Å². The second-order valence-corrected chi connectivity index (χ2v) is 2.87. The van der Waals surface area contributed by atoms with Gasteiger partial charge in [-0.05, 0) is 20.8 Å². The molecule has 0 aromatic heterocycles. The van der Waals surface area contributed by atoms with Gasteiger partial charge in [-0.2, -0.15) is 0 Å². The van der Waals surface area contributed by atoms with Gasteiger partial charge in [-0.3, -0.25) is 0 Å². The van der Waals surface area contributed by atoms with Crippen molar-refractivity contribution in [3.63, 3.8) is 0 Å². The molecule has 0 bridgehead atoms. The molecule has 78 valence electrons. The van der Waals surface area contributed by atoms with E-state index in [9.17, 15) is 0 Å². The van der Waals surface area contributed by atoms with Gasteiger partial charge in [-0.25, -0.2) is 0 Å². The molecule has 0 aliphatic carbocycles. The smallest absolute Gasteiger partial charge is 0.0616 e. The van der Waals surface area contributed by atoms with E-state index < -0.39 is 11.7 Å². The first kappa shape index (κ1) is 29.4. The van der Waals surface area contributed by atoms with Crippen LogP contribution in [0.15, 0.2) is 0 Å². The summed E-state index contributed by atoms with van der Waals surface area (Å²) in [6.45, 7) is 5.03. The summed E-state index contributed by atoms with van der Waals surface area (Å²) in [5.74, 6) is 0. The molecule has 0 fully saturated rings. The van der Waals surface area contributed by atoms with Crippen LogP contribution in [0.5, 0.6) is 0 Å². The summed E-state index contributed by atoms with van der Waals surface area (Å²) in [5, 5.41) is 17.8. The molecule has 0 heterocycles. The maximum Gasteiger partial charge on any atom is 0.0616 e. The molecule has 5 nitrogen and oxygen atoms in total. The number of rotatable bonds is 2. The van der Waals surface area contributed by atoms with Crippen LogP contribution in [0, 0.1) is 0 Å². The molecule has 0 rings (SSSR count). The van der Waals surface area contributed by atoms with Gasteiger partial charge in [0, 0.05) is 28.1 Å². The molecule has 0 saturated carbocycles. The average molecular weight is 220 g/mol. The van der Waals surface area contributed by atoms with Crippen LogP contribution in [-0.2, 0) is 21.7 Å². The Kier molecular flexibility index (Phi) is 28.2. The Bertz CT molecular complexity index is 70.8. The van der Waals surface area contributed by atoms with Crippen molar-refractivity contribution in [3.8, 4) is 0 Å². The van der Waals surface area contributed by atoms with E-state index in [4.69, 9.17) is 10.2 Å². The second kappa shape index (κ2) is 11.5. The van der Waals surface area contributed by atoms with Gasteiger partial charge < -0.3 is 26.6 Å². The Morgan fingerprint density at radius 2 is 1.42 bits per heavy atom. The predicted molar refractivity (Wildman–Crippen MR) is 43.4 cm³/mol. The molecule has 0 aromatic rings. The Hall–Kier alpha value is 0.514. The largest absolute Gasteiger partial charge is 0.412 e. The molecule has 1 atom stereocenters. The van der Waals surface area contributed by atoms with Crippen LogP contribution in [-0.4, -0.2) is 38.3 Å². The Labute approximate surface area is 87.6 Å². The fraction of sp³-hybridized carbons (Fsp3) is 1.00. The zero-order valence-electron chi connectivity index (χ0n) is 7.68. The third kappa shape index (κ3) is 31.3. The molecule has 0 aliphatic heterocycles. The van der Waals surface area contributed by atoms with E-state index >= 15 is 0 Å².